The van der Waals surface area contributed by atoms with Gasteiger partial charge in [-0.25, -0.2) is 4.98 Å². The highest BCUT2D eigenvalue weighted by Gasteiger charge is 2.17. The molecular weight excluding hydrogens is 400 g/mol. The summed E-state index contributed by atoms with van der Waals surface area (Å²) in [5, 5.41) is 5.69. The number of hydrogen-bond donors (Lipinski definition) is 2. The van der Waals surface area contributed by atoms with Gasteiger partial charge < -0.3 is 15.5 Å². The number of nitrogens with zero attached hydrogens (tertiary/aromatic N) is 4. The highest BCUT2D eigenvalue weighted by molar-refractivity contribution is 5.84. The van der Waals surface area contributed by atoms with E-state index in [1.807, 2.05) is 12.3 Å². The SMILES string of the molecule is CC(C)c1cnn2c(N)nc(C3=CCOCC3)nc12.c1ccc2c3c([nH]c2c1)CCCC3. The average molecular weight is 431 g/mol. The fraction of sp³-hybridized carbons (Fsp3) is 0.400. The highest BCUT2D eigenvalue weighted by atomic mass is 16.5. The van der Waals surface area contributed by atoms with E-state index in [9.17, 15) is 0 Å². The van der Waals surface area contributed by atoms with Crippen LogP contribution in [0.1, 0.15) is 61.7 Å². The summed E-state index contributed by atoms with van der Waals surface area (Å²) in [6, 6.07) is 8.64. The van der Waals surface area contributed by atoms with Gasteiger partial charge in [0.05, 0.1) is 19.4 Å². The predicted molar refractivity (Wildman–Crippen MR) is 128 cm³/mol. The summed E-state index contributed by atoms with van der Waals surface area (Å²) in [5.41, 5.74) is 13.3. The van der Waals surface area contributed by atoms with Crippen molar-refractivity contribution in [3.63, 3.8) is 0 Å². The Bertz CT molecular complexity index is 1280. The van der Waals surface area contributed by atoms with E-state index in [1.54, 1.807) is 10.1 Å². The van der Waals surface area contributed by atoms with Crippen LogP contribution < -0.4 is 5.73 Å². The lowest BCUT2D eigenvalue weighted by Crippen LogP contribution is -2.11. The molecule has 0 saturated heterocycles. The Kier molecular flexibility index (Phi) is 5.66. The minimum atomic E-state index is 0.350. The number of aryl methyl sites for hydroxylation is 2. The molecule has 0 bridgehead atoms. The Morgan fingerprint density at radius 2 is 1.94 bits per heavy atom. The number of aromatic amines is 1. The van der Waals surface area contributed by atoms with Crippen LogP contribution in [0.25, 0.3) is 22.1 Å². The van der Waals surface area contributed by atoms with Crippen molar-refractivity contribution in [1.82, 2.24) is 24.6 Å². The van der Waals surface area contributed by atoms with Crippen molar-refractivity contribution < 1.29 is 4.74 Å². The van der Waals surface area contributed by atoms with E-state index in [0.717, 1.165) is 23.2 Å². The molecule has 2 aliphatic rings. The van der Waals surface area contributed by atoms with Crippen molar-refractivity contribution in [3.05, 3.63) is 59.2 Å². The number of nitrogens with two attached hydrogens (primary N) is 1. The van der Waals surface area contributed by atoms with Gasteiger partial charge in [-0.05, 0) is 55.2 Å². The van der Waals surface area contributed by atoms with Gasteiger partial charge in [-0.15, -0.1) is 0 Å². The second-order valence-corrected chi connectivity index (χ2v) is 8.78. The predicted octanol–water partition coefficient (Wildman–Crippen LogP) is 4.68. The van der Waals surface area contributed by atoms with E-state index in [4.69, 9.17) is 10.5 Å². The van der Waals surface area contributed by atoms with Gasteiger partial charge in [-0.3, -0.25) is 0 Å². The monoisotopic (exact) mass is 430 g/mol. The summed E-state index contributed by atoms with van der Waals surface area (Å²) in [6.07, 6.45) is 9.85. The van der Waals surface area contributed by atoms with Gasteiger partial charge in [0, 0.05) is 22.2 Å². The minimum Gasteiger partial charge on any atom is -0.377 e. The Hall–Kier alpha value is -3.19. The lowest BCUT2D eigenvalue weighted by Gasteiger charge is -2.13. The first-order chi connectivity index (χ1) is 15.6. The summed E-state index contributed by atoms with van der Waals surface area (Å²) in [5.74, 6) is 1.42. The molecule has 6 rings (SSSR count). The zero-order chi connectivity index (χ0) is 22.1. The van der Waals surface area contributed by atoms with Crippen LogP contribution in [0.15, 0.2) is 36.5 Å². The summed E-state index contributed by atoms with van der Waals surface area (Å²) in [6.45, 7) is 5.54. The number of para-hydroxylation sites is 1. The number of rotatable bonds is 2. The summed E-state index contributed by atoms with van der Waals surface area (Å²) in [4.78, 5) is 12.5. The van der Waals surface area contributed by atoms with E-state index < -0.39 is 0 Å². The molecule has 32 heavy (non-hydrogen) atoms. The van der Waals surface area contributed by atoms with Crippen molar-refractivity contribution in [3.8, 4) is 0 Å². The second-order valence-electron chi connectivity index (χ2n) is 8.78. The van der Waals surface area contributed by atoms with Crippen molar-refractivity contribution >= 4 is 28.1 Å². The van der Waals surface area contributed by atoms with Crippen LogP contribution >= 0.6 is 0 Å². The molecule has 0 unspecified atom stereocenters. The number of fused-ring (bicyclic) bond motifs is 4. The van der Waals surface area contributed by atoms with Crippen LogP contribution in [-0.2, 0) is 17.6 Å². The molecule has 0 spiro atoms. The fourth-order valence-corrected chi connectivity index (χ4v) is 4.55. The minimum absolute atomic E-state index is 0.350. The molecule has 4 heterocycles. The number of anilines is 1. The van der Waals surface area contributed by atoms with Crippen LogP contribution in [0.2, 0.25) is 0 Å². The fourth-order valence-electron chi connectivity index (χ4n) is 4.55. The van der Waals surface area contributed by atoms with E-state index in [2.05, 4.69) is 58.2 Å². The average Bonchev–Trinajstić information content (AvgIpc) is 3.42. The first kappa shape index (κ1) is 20.7. The Morgan fingerprint density at radius 3 is 2.75 bits per heavy atom. The van der Waals surface area contributed by atoms with Gasteiger partial charge in [0.1, 0.15) is 0 Å². The van der Waals surface area contributed by atoms with E-state index >= 15 is 0 Å². The van der Waals surface area contributed by atoms with E-state index in [0.29, 0.717) is 30.9 Å². The lowest BCUT2D eigenvalue weighted by atomic mass is 9.96. The molecule has 7 nitrogen and oxygen atoms in total. The number of benzene rings is 1. The smallest absolute Gasteiger partial charge is 0.225 e. The van der Waals surface area contributed by atoms with Gasteiger partial charge in [0.15, 0.2) is 11.5 Å². The highest BCUT2D eigenvalue weighted by Crippen LogP contribution is 2.28. The Balaban J connectivity index is 0.000000144. The van der Waals surface area contributed by atoms with E-state index in [-0.39, 0.29) is 0 Å². The van der Waals surface area contributed by atoms with Crippen LogP contribution in [-0.4, -0.2) is 37.8 Å². The lowest BCUT2D eigenvalue weighted by molar-refractivity contribution is 0.161. The summed E-state index contributed by atoms with van der Waals surface area (Å²) < 4.78 is 6.90. The molecule has 3 aromatic heterocycles. The van der Waals surface area contributed by atoms with Gasteiger partial charge in [0.2, 0.25) is 5.95 Å². The van der Waals surface area contributed by atoms with Crippen LogP contribution in [0, 0.1) is 0 Å². The number of hydrogen-bond acceptors (Lipinski definition) is 5. The third-order valence-electron chi connectivity index (χ3n) is 6.30. The molecule has 0 fully saturated rings. The molecule has 0 amide bonds. The van der Waals surface area contributed by atoms with Crippen LogP contribution in [0.5, 0.6) is 0 Å². The maximum atomic E-state index is 5.97. The zero-order valence-electron chi connectivity index (χ0n) is 18.8. The van der Waals surface area contributed by atoms with Gasteiger partial charge in [-0.1, -0.05) is 38.1 Å². The Morgan fingerprint density at radius 1 is 1.09 bits per heavy atom. The zero-order valence-corrected chi connectivity index (χ0v) is 18.8. The molecule has 1 aromatic carbocycles. The number of ether oxygens (including phenoxy) is 1. The summed E-state index contributed by atoms with van der Waals surface area (Å²) in [7, 11) is 0. The van der Waals surface area contributed by atoms with Crippen molar-refractivity contribution in [2.24, 2.45) is 0 Å². The number of nitrogens with one attached hydrogen (secondary N) is 1. The normalized spacial score (nSPS) is 16.0. The van der Waals surface area contributed by atoms with Crippen molar-refractivity contribution in [2.45, 2.75) is 51.9 Å². The molecule has 3 N–H and O–H groups in total. The molecule has 0 radical (unpaired) electrons. The molecular formula is C25H30N6O. The van der Waals surface area contributed by atoms with Crippen molar-refractivity contribution in [1.29, 1.82) is 0 Å². The molecule has 0 saturated carbocycles. The number of H-pyrrole nitrogens is 1. The van der Waals surface area contributed by atoms with Gasteiger partial charge in [0.25, 0.3) is 0 Å². The topological polar surface area (TPSA) is 94.1 Å². The van der Waals surface area contributed by atoms with Gasteiger partial charge >= 0.3 is 0 Å². The van der Waals surface area contributed by atoms with Crippen LogP contribution in [0.4, 0.5) is 5.95 Å². The second kappa shape index (κ2) is 8.74. The first-order valence-electron chi connectivity index (χ1n) is 11.5. The van der Waals surface area contributed by atoms with Crippen LogP contribution in [0.3, 0.4) is 0 Å². The number of nitrogen functional groups attached to an aromatic ring is 1. The van der Waals surface area contributed by atoms with E-state index in [1.165, 1.54) is 42.3 Å². The molecule has 7 heteroatoms. The van der Waals surface area contributed by atoms with Gasteiger partial charge in [-0.2, -0.15) is 14.6 Å². The first-order valence-corrected chi connectivity index (χ1v) is 11.5. The molecule has 1 aliphatic carbocycles. The maximum absolute atomic E-state index is 5.97. The standard InChI is InChI=1S/C13H17N5O.C12H13N/c1-8(2)10-7-15-18-12(10)16-11(17-13(18)14)9-3-5-19-6-4-9;1-3-7-11-9(5-1)10-6-2-4-8-12(10)13-11/h3,7-8H,4-6H2,1-2H3,(H2,14,16,17);1,3,5,7,13H,2,4,6,8H2. The summed E-state index contributed by atoms with van der Waals surface area (Å²) >= 11 is 0. The van der Waals surface area contributed by atoms with Crippen molar-refractivity contribution in [2.75, 3.05) is 18.9 Å². The third-order valence-corrected chi connectivity index (χ3v) is 6.30. The molecule has 4 aromatic rings. The largest absolute Gasteiger partial charge is 0.377 e. The maximum Gasteiger partial charge on any atom is 0.225 e. The Labute approximate surface area is 187 Å². The third kappa shape index (κ3) is 3.88. The molecule has 0 atom stereocenters. The molecule has 1 aliphatic heterocycles. The number of aromatic nitrogens is 5. The quantitative estimate of drug-likeness (QED) is 0.481. The molecule has 166 valence electrons.